The third-order valence-electron chi connectivity index (χ3n) is 4.50. The summed E-state index contributed by atoms with van der Waals surface area (Å²) >= 11 is 0. The molecule has 31 heavy (non-hydrogen) atoms. The molecule has 0 radical (unpaired) electrons. The van der Waals surface area contributed by atoms with Gasteiger partial charge in [-0.15, -0.1) is 10.2 Å². The van der Waals surface area contributed by atoms with Crippen molar-refractivity contribution in [2.24, 2.45) is 5.10 Å². The van der Waals surface area contributed by atoms with E-state index >= 15 is 0 Å². The highest BCUT2D eigenvalue weighted by Crippen LogP contribution is 2.13. The summed E-state index contributed by atoms with van der Waals surface area (Å²) in [5, 5.41) is 16.6. The maximum atomic E-state index is 12.3. The first-order valence-electron chi connectivity index (χ1n) is 9.61. The smallest absolute Gasteiger partial charge is 0.271 e. The Morgan fingerprint density at radius 3 is 2.65 bits per heavy atom. The molecular formula is C23H20N6O2. The summed E-state index contributed by atoms with van der Waals surface area (Å²) in [6, 6.07) is 24.2. The number of hydrogen-bond donors (Lipinski definition) is 1. The van der Waals surface area contributed by atoms with E-state index in [1.807, 2.05) is 66.7 Å². The maximum Gasteiger partial charge on any atom is 0.271 e. The molecule has 1 amide bonds. The molecule has 0 aliphatic carbocycles. The Kier molecular flexibility index (Phi) is 6.08. The molecule has 1 heterocycles. The van der Waals surface area contributed by atoms with E-state index in [2.05, 4.69) is 25.9 Å². The van der Waals surface area contributed by atoms with Gasteiger partial charge in [0.15, 0.2) is 0 Å². The van der Waals surface area contributed by atoms with Crippen LogP contribution in [0.5, 0.6) is 5.75 Å². The van der Waals surface area contributed by atoms with E-state index in [0.717, 1.165) is 22.4 Å². The van der Waals surface area contributed by atoms with Gasteiger partial charge in [-0.05, 0) is 40.6 Å². The number of carbonyl (C=O) groups excluding carboxylic acids is 1. The highest BCUT2D eigenvalue weighted by Gasteiger charge is 2.07. The van der Waals surface area contributed by atoms with Crippen molar-refractivity contribution in [2.75, 3.05) is 7.11 Å². The highest BCUT2D eigenvalue weighted by atomic mass is 16.5. The van der Waals surface area contributed by atoms with Crippen molar-refractivity contribution in [3.8, 4) is 17.1 Å². The Morgan fingerprint density at radius 2 is 1.87 bits per heavy atom. The lowest BCUT2D eigenvalue weighted by Gasteiger charge is -2.03. The molecule has 0 fully saturated rings. The molecule has 1 N–H and O–H groups in total. The second kappa shape index (κ2) is 9.45. The Morgan fingerprint density at radius 1 is 1.06 bits per heavy atom. The SMILES string of the molecule is COc1cccc(/C=N\NC(=O)c2ccc(Cn3nnc(-c4ccccc4)n3)cc2)c1. The molecule has 0 saturated heterocycles. The standard InChI is InChI=1S/C23H20N6O2/c1-31-21-9-5-6-18(14-21)15-24-26-23(30)20-12-10-17(11-13-20)16-29-27-22(25-28-29)19-7-3-2-4-8-19/h2-15H,16H2,1H3,(H,26,30)/b24-15-. The van der Waals surface area contributed by atoms with Crippen molar-refractivity contribution < 1.29 is 9.53 Å². The van der Waals surface area contributed by atoms with E-state index in [1.165, 1.54) is 4.80 Å². The van der Waals surface area contributed by atoms with E-state index in [1.54, 1.807) is 25.5 Å². The number of amides is 1. The first-order valence-corrected chi connectivity index (χ1v) is 9.61. The molecule has 0 aliphatic heterocycles. The van der Waals surface area contributed by atoms with E-state index in [9.17, 15) is 4.79 Å². The zero-order chi connectivity index (χ0) is 21.5. The molecule has 4 aromatic rings. The van der Waals surface area contributed by atoms with Crippen molar-refractivity contribution in [3.05, 3.63) is 95.6 Å². The van der Waals surface area contributed by atoms with Crippen LogP contribution in [0.25, 0.3) is 11.4 Å². The number of carbonyl (C=O) groups is 1. The molecule has 0 unspecified atom stereocenters. The van der Waals surface area contributed by atoms with Gasteiger partial charge in [-0.1, -0.05) is 54.6 Å². The molecular weight excluding hydrogens is 392 g/mol. The monoisotopic (exact) mass is 412 g/mol. The third kappa shape index (κ3) is 5.18. The third-order valence-corrected chi connectivity index (χ3v) is 4.50. The molecule has 3 aromatic carbocycles. The van der Waals surface area contributed by atoms with Crippen LogP contribution in [-0.4, -0.2) is 39.4 Å². The summed E-state index contributed by atoms with van der Waals surface area (Å²) < 4.78 is 5.17. The minimum Gasteiger partial charge on any atom is -0.497 e. The molecule has 0 spiro atoms. The van der Waals surface area contributed by atoms with Crippen LogP contribution < -0.4 is 10.2 Å². The Labute approximate surface area is 179 Å². The first-order chi connectivity index (χ1) is 15.2. The van der Waals surface area contributed by atoms with Crippen molar-refractivity contribution in [1.29, 1.82) is 0 Å². The number of hydrogen-bond acceptors (Lipinski definition) is 6. The number of hydrazone groups is 1. The van der Waals surface area contributed by atoms with Crippen LogP contribution in [0, 0.1) is 0 Å². The van der Waals surface area contributed by atoms with Crippen molar-refractivity contribution in [1.82, 2.24) is 25.6 Å². The summed E-state index contributed by atoms with van der Waals surface area (Å²) in [6.45, 7) is 0.454. The fraction of sp³-hybridized carbons (Fsp3) is 0.0870. The molecule has 0 bridgehead atoms. The second-order valence-electron chi connectivity index (χ2n) is 6.68. The van der Waals surface area contributed by atoms with Gasteiger partial charge in [-0.25, -0.2) is 5.43 Å². The van der Waals surface area contributed by atoms with Crippen molar-refractivity contribution >= 4 is 12.1 Å². The molecule has 0 saturated carbocycles. The predicted molar refractivity (Wildman–Crippen MR) is 117 cm³/mol. The molecule has 154 valence electrons. The van der Waals surface area contributed by atoms with Gasteiger partial charge in [0, 0.05) is 11.1 Å². The minimum atomic E-state index is -0.295. The quantitative estimate of drug-likeness (QED) is 0.372. The number of ether oxygens (including phenoxy) is 1. The molecule has 0 atom stereocenters. The van der Waals surface area contributed by atoms with Gasteiger partial charge in [-0.2, -0.15) is 9.90 Å². The minimum absolute atomic E-state index is 0.295. The topological polar surface area (TPSA) is 94.3 Å². The van der Waals surface area contributed by atoms with E-state index < -0.39 is 0 Å². The number of nitrogens with one attached hydrogen (secondary N) is 1. The maximum absolute atomic E-state index is 12.3. The number of aromatic nitrogens is 4. The lowest BCUT2D eigenvalue weighted by atomic mass is 10.1. The van der Waals surface area contributed by atoms with Crippen LogP contribution in [0.3, 0.4) is 0 Å². The highest BCUT2D eigenvalue weighted by molar-refractivity contribution is 5.94. The molecule has 0 aliphatic rings. The average molecular weight is 412 g/mol. The molecule has 8 heteroatoms. The van der Waals surface area contributed by atoms with Crippen LogP contribution in [0.15, 0.2) is 84.0 Å². The fourth-order valence-corrected chi connectivity index (χ4v) is 2.89. The van der Waals surface area contributed by atoms with Gasteiger partial charge in [0.1, 0.15) is 5.75 Å². The number of benzene rings is 3. The summed E-state index contributed by atoms with van der Waals surface area (Å²) in [5.41, 5.74) is 5.72. The average Bonchev–Trinajstić information content (AvgIpc) is 3.29. The van der Waals surface area contributed by atoms with Gasteiger partial charge in [0.25, 0.3) is 5.91 Å². The van der Waals surface area contributed by atoms with Gasteiger partial charge in [0.05, 0.1) is 19.9 Å². The summed E-state index contributed by atoms with van der Waals surface area (Å²) in [7, 11) is 1.60. The van der Waals surface area contributed by atoms with Crippen LogP contribution in [0.2, 0.25) is 0 Å². The van der Waals surface area contributed by atoms with Gasteiger partial charge < -0.3 is 4.74 Å². The summed E-state index contributed by atoms with van der Waals surface area (Å²) in [5.74, 6) is 1.00. The molecule has 4 rings (SSSR count). The van der Waals surface area contributed by atoms with Gasteiger partial charge in [-0.3, -0.25) is 4.79 Å². The summed E-state index contributed by atoms with van der Waals surface area (Å²) in [4.78, 5) is 13.8. The van der Waals surface area contributed by atoms with Crippen molar-refractivity contribution in [2.45, 2.75) is 6.54 Å². The van der Waals surface area contributed by atoms with Crippen LogP contribution >= 0.6 is 0 Å². The normalized spacial score (nSPS) is 10.9. The molecule has 8 nitrogen and oxygen atoms in total. The van der Waals surface area contributed by atoms with E-state index in [0.29, 0.717) is 17.9 Å². The number of rotatable bonds is 7. The van der Waals surface area contributed by atoms with Crippen molar-refractivity contribution in [3.63, 3.8) is 0 Å². The largest absolute Gasteiger partial charge is 0.497 e. The fourth-order valence-electron chi connectivity index (χ4n) is 2.89. The Bertz CT molecular complexity index is 1190. The number of nitrogens with zero attached hydrogens (tertiary/aromatic N) is 5. The van der Waals surface area contributed by atoms with Gasteiger partial charge in [0.2, 0.25) is 5.82 Å². The van der Waals surface area contributed by atoms with Crippen LogP contribution in [0.1, 0.15) is 21.5 Å². The van der Waals surface area contributed by atoms with E-state index in [-0.39, 0.29) is 5.91 Å². The summed E-state index contributed by atoms with van der Waals surface area (Å²) in [6.07, 6.45) is 1.56. The zero-order valence-corrected chi connectivity index (χ0v) is 16.8. The Balaban J connectivity index is 1.35. The van der Waals surface area contributed by atoms with E-state index in [4.69, 9.17) is 4.74 Å². The zero-order valence-electron chi connectivity index (χ0n) is 16.8. The first kappa shape index (κ1) is 20.0. The van der Waals surface area contributed by atoms with Crippen LogP contribution in [-0.2, 0) is 6.54 Å². The van der Waals surface area contributed by atoms with Crippen LogP contribution in [0.4, 0.5) is 0 Å². The second-order valence-corrected chi connectivity index (χ2v) is 6.68. The predicted octanol–water partition coefficient (Wildman–Crippen LogP) is 3.16. The molecule has 1 aromatic heterocycles. The Hall–Kier alpha value is -4.33. The number of tetrazole rings is 1. The number of methoxy groups -OCH3 is 1. The lowest BCUT2D eigenvalue weighted by molar-refractivity contribution is 0.0955. The lowest BCUT2D eigenvalue weighted by Crippen LogP contribution is -2.17. The van der Waals surface area contributed by atoms with Gasteiger partial charge >= 0.3 is 0 Å².